The first-order chi connectivity index (χ1) is 9.63. The number of benzene rings is 1. The van der Waals surface area contributed by atoms with Crippen LogP contribution in [0.1, 0.15) is 39.3 Å². The minimum absolute atomic E-state index is 0.131. The molecule has 0 saturated heterocycles. The van der Waals surface area contributed by atoms with Crippen molar-refractivity contribution < 1.29 is 9.13 Å². The van der Waals surface area contributed by atoms with Crippen LogP contribution < -0.4 is 10.2 Å². The van der Waals surface area contributed by atoms with Crippen LogP contribution in [0.4, 0.5) is 10.1 Å². The van der Waals surface area contributed by atoms with E-state index in [1.54, 1.807) is 6.07 Å². The molecule has 0 amide bonds. The molecule has 1 unspecified atom stereocenters. The van der Waals surface area contributed by atoms with E-state index in [4.69, 9.17) is 4.74 Å². The third-order valence-electron chi connectivity index (χ3n) is 3.40. The van der Waals surface area contributed by atoms with Crippen molar-refractivity contribution in [2.75, 3.05) is 37.7 Å². The van der Waals surface area contributed by atoms with Gasteiger partial charge >= 0.3 is 0 Å². The third kappa shape index (κ3) is 4.76. The highest BCUT2D eigenvalue weighted by atomic mass is 19.1. The Balaban J connectivity index is 2.95. The van der Waals surface area contributed by atoms with E-state index >= 15 is 0 Å². The Kier molecular flexibility index (Phi) is 7.55. The monoisotopic (exact) mass is 282 g/mol. The Morgan fingerprint density at radius 1 is 1.30 bits per heavy atom. The minimum Gasteiger partial charge on any atom is -0.380 e. The molecule has 0 bridgehead atoms. The number of hydrogen-bond donors (Lipinski definition) is 1. The predicted molar refractivity (Wildman–Crippen MR) is 82.9 cm³/mol. The first-order valence-corrected chi connectivity index (χ1v) is 7.49. The number of nitrogens with zero attached hydrogens (tertiary/aromatic N) is 1. The molecular formula is C16H27FN2O. The van der Waals surface area contributed by atoms with Gasteiger partial charge in [0.25, 0.3) is 0 Å². The molecule has 0 aliphatic carbocycles. The Labute approximate surface area is 122 Å². The average Bonchev–Trinajstić information content (AvgIpc) is 2.44. The molecule has 4 heteroatoms. The van der Waals surface area contributed by atoms with Crippen LogP contribution in [-0.2, 0) is 4.74 Å². The topological polar surface area (TPSA) is 24.5 Å². The second kappa shape index (κ2) is 8.93. The first kappa shape index (κ1) is 16.9. The van der Waals surface area contributed by atoms with Crippen molar-refractivity contribution >= 4 is 5.69 Å². The molecule has 1 N–H and O–H groups in total. The van der Waals surface area contributed by atoms with Gasteiger partial charge < -0.3 is 15.0 Å². The molecular weight excluding hydrogens is 255 g/mol. The summed E-state index contributed by atoms with van der Waals surface area (Å²) in [5, 5.41) is 3.35. The van der Waals surface area contributed by atoms with Gasteiger partial charge in [0.2, 0.25) is 0 Å². The maximum atomic E-state index is 13.6. The summed E-state index contributed by atoms with van der Waals surface area (Å²) in [5.74, 6) is -0.186. The summed E-state index contributed by atoms with van der Waals surface area (Å²) in [7, 11) is 0. The summed E-state index contributed by atoms with van der Waals surface area (Å²) >= 11 is 0. The van der Waals surface area contributed by atoms with Crippen molar-refractivity contribution in [1.29, 1.82) is 0 Å². The second-order valence-electron chi connectivity index (χ2n) is 4.76. The van der Waals surface area contributed by atoms with Crippen LogP contribution in [0, 0.1) is 5.82 Å². The maximum absolute atomic E-state index is 13.6. The van der Waals surface area contributed by atoms with Crippen molar-refractivity contribution in [3.63, 3.8) is 0 Å². The number of nitrogens with one attached hydrogen (secondary N) is 1. The van der Waals surface area contributed by atoms with E-state index in [0.29, 0.717) is 6.61 Å². The third-order valence-corrected chi connectivity index (χ3v) is 3.40. The summed E-state index contributed by atoms with van der Waals surface area (Å²) in [5.41, 5.74) is 2.09. The van der Waals surface area contributed by atoms with Crippen LogP contribution in [0.5, 0.6) is 0 Å². The van der Waals surface area contributed by atoms with Crippen LogP contribution in [0.2, 0.25) is 0 Å². The molecule has 0 fully saturated rings. The van der Waals surface area contributed by atoms with Crippen molar-refractivity contribution in [3.8, 4) is 0 Å². The van der Waals surface area contributed by atoms with Gasteiger partial charge in [-0.3, -0.25) is 0 Å². The summed E-state index contributed by atoms with van der Waals surface area (Å²) < 4.78 is 19.0. The zero-order valence-corrected chi connectivity index (χ0v) is 13.1. The fourth-order valence-electron chi connectivity index (χ4n) is 2.34. The molecule has 20 heavy (non-hydrogen) atoms. The van der Waals surface area contributed by atoms with Gasteiger partial charge in [-0.15, -0.1) is 0 Å². The Bertz CT molecular complexity index is 398. The largest absolute Gasteiger partial charge is 0.380 e. The van der Waals surface area contributed by atoms with Gasteiger partial charge in [-0.25, -0.2) is 4.39 Å². The van der Waals surface area contributed by atoms with Crippen molar-refractivity contribution in [1.82, 2.24) is 5.32 Å². The molecule has 0 spiro atoms. The number of hydrogen-bond acceptors (Lipinski definition) is 3. The number of rotatable bonds is 9. The Hall–Kier alpha value is -1.13. The molecule has 1 rings (SSSR count). The van der Waals surface area contributed by atoms with Crippen molar-refractivity contribution in [2.45, 2.75) is 33.7 Å². The van der Waals surface area contributed by atoms with E-state index < -0.39 is 0 Å². The summed E-state index contributed by atoms with van der Waals surface area (Å²) in [6, 6.07) is 5.16. The van der Waals surface area contributed by atoms with Crippen LogP contribution in [0.15, 0.2) is 18.2 Å². The molecule has 0 aromatic heterocycles. The van der Waals surface area contributed by atoms with Gasteiger partial charge in [0, 0.05) is 31.4 Å². The van der Waals surface area contributed by atoms with Gasteiger partial charge in [0.15, 0.2) is 0 Å². The van der Waals surface area contributed by atoms with Crippen LogP contribution in [-0.4, -0.2) is 32.8 Å². The molecule has 114 valence electrons. The van der Waals surface area contributed by atoms with Gasteiger partial charge in [-0.05, 0) is 51.1 Å². The molecule has 1 aromatic carbocycles. The fourth-order valence-corrected chi connectivity index (χ4v) is 2.34. The maximum Gasteiger partial charge on any atom is 0.123 e. The summed E-state index contributed by atoms with van der Waals surface area (Å²) in [4.78, 5) is 2.23. The molecule has 0 saturated carbocycles. The van der Waals surface area contributed by atoms with Gasteiger partial charge in [-0.1, -0.05) is 6.92 Å². The second-order valence-corrected chi connectivity index (χ2v) is 4.76. The first-order valence-electron chi connectivity index (χ1n) is 7.49. The molecule has 0 aliphatic heterocycles. The van der Waals surface area contributed by atoms with E-state index in [0.717, 1.165) is 37.5 Å². The van der Waals surface area contributed by atoms with Crippen molar-refractivity contribution in [3.05, 3.63) is 29.6 Å². The SMILES string of the molecule is CCNC(C)c1cc(F)ccc1N(CC)CCOCC. The van der Waals surface area contributed by atoms with E-state index in [2.05, 4.69) is 31.0 Å². The highest BCUT2D eigenvalue weighted by Gasteiger charge is 2.15. The molecule has 0 aliphatic rings. The van der Waals surface area contributed by atoms with Gasteiger partial charge in [-0.2, -0.15) is 0 Å². The van der Waals surface area contributed by atoms with Crippen LogP contribution >= 0.6 is 0 Å². The lowest BCUT2D eigenvalue weighted by Gasteiger charge is -2.28. The molecule has 1 atom stereocenters. The van der Waals surface area contributed by atoms with E-state index in [1.165, 1.54) is 6.07 Å². The minimum atomic E-state index is -0.186. The Morgan fingerprint density at radius 2 is 2.05 bits per heavy atom. The fraction of sp³-hybridized carbons (Fsp3) is 0.625. The van der Waals surface area contributed by atoms with Crippen molar-refractivity contribution in [2.24, 2.45) is 0 Å². The molecule has 3 nitrogen and oxygen atoms in total. The predicted octanol–water partition coefficient (Wildman–Crippen LogP) is 3.36. The average molecular weight is 282 g/mol. The number of likely N-dealkylation sites (N-methyl/N-ethyl adjacent to an activating group) is 1. The number of halogens is 1. The van der Waals surface area contributed by atoms with E-state index in [1.807, 2.05) is 13.0 Å². The summed E-state index contributed by atoms with van der Waals surface area (Å²) in [6.45, 7) is 12.2. The molecule has 1 aromatic rings. The normalized spacial score (nSPS) is 12.4. The quantitative estimate of drug-likeness (QED) is 0.703. The summed E-state index contributed by atoms with van der Waals surface area (Å²) in [6.07, 6.45) is 0. The highest BCUT2D eigenvalue weighted by molar-refractivity contribution is 5.55. The lowest BCUT2D eigenvalue weighted by Crippen LogP contribution is -2.30. The standard InChI is InChI=1S/C16H27FN2O/c1-5-18-13(4)15-12-14(17)8-9-16(15)19(6-2)10-11-20-7-3/h8-9,12-13,18H,5-7,10-11H2,1-4H3. The number of anilines is 1. The number of ether oxygens (including phenoxy) is 1. The van der Waals surface area contributed by atoms with Crippen LogP contribution in [0.3, 0.4) is 0 Å². The molecule has 0 heterocycles. The zero-order valence-electron chi connectivity index (χ0n) is 13.1. The lowest BCUT2D eigenvalue weighted by atomic mass is 10.0. The molecule has 0 radical (unpaired) electrons. The Morgan fingerprint density at radius 3 is 2.65 bits per heavy atom. The van der Waals surface area contributed by atoms with Gasteiger partial charge in [0.1, 0.15) is 5.82 Å². The smallest absolute Gasteiger partial charge is 0.123 e. The lowest BCUT2D eigenvalue weighted by molar-refractivity contribution is 0.154. The zero-order chi connectivity index (χ0) is 15.0. The van der Waals surface area contributed by atoms with Crippen LogP contribution in [0.25, 0.3) is 0 Å². The highest BCUT2D eigenvalue weighted by Crippen LogP contribution is 2.27. The van der Waals surface area contributed by atoms with E-state index in [9.17, 15) is 4.39 Å². The van der Waals surface area contributed by atoms with Gasteiger partial charge in [0.05, 0.1) is 6.61 Å². The van der Waals surface area contributed by atoms with E-state index in [-0.39, 0.29) is 11.9 Å².